The first-order valence-electron chi connectivity index (χ1n) is 7.33. The van der Waals surface area contributed by atoms with E-state index in [1.165, 1.54) is 4.80 Å². The maximum absolute atomic E-state index is 10.7. The molecule has 0 aliphatic rings. The van der Waals surface area contributed by atoms with E-state index in [9.17, 15) is 4.79 Å². The zero-order chi connectivity index (χ0) is 16.1. The van der Waals surface area contributed by atoms with Gasteiger partial charge in [-0.2, -0.15) is 4.80 Å². The number of carboxylic acid groups (broad SMARTS) is 1. The molecule has 0 aliphatic carbocycles. The first-order chi connectivity index (χ1) is 11.2. The van der Waals surface area contributed by atoms with E-state index in [0.717, 1.165) is 11.1 Å². The molecule has 0 amide bonds. The van der Waals surface area contributed by atoms with Crippen LogP contribution < -0.4 is 0 Å². The highest BCUT2D eigenvalue weighted by atomic mass is 16.4. The normalized spacial score (nSPS) is 10.8. The largest absolute Gasteiger partial charge is 0.481 e. The number of aliphatic carboxylic acids is 1. The number of aryl methyl sites for hydroxylation is 1. The lowest BCUT2D eigenvalue weighted by molar-refractivity contribution is -0.137. The third kappa shape index (κ3) is 3.60. The molecule has 0 bridgehead atoms. The van der Waals surface area contributed by atoms with Gasteiger partial charge in [0.25, 0.3) is 0 Å². The third-order valence-electron chi connectivity index (χ3n) is 3.52. The second-order valence-electron chi connectivity index (χ2n) is 5.14. The van der Waals surface area contributed by atoms with Gasteiger partial charge in [0.05, 0.1) is 18.9 Å². The van der Waals surface area contributed by atoms with Crippen molar-refractivity contribution in [3.8, 4) is 0 Å². The minimum Gasteiger partial charge on any atom is -0.481 e. The fraction of sp³-hybridized carbons (Fsp3) is 0.176. The molecule has 0 radical (unpaired) electrons. The summed E-state index contributed by atoms with van der Waals surface area (Å²) in [4.78, 5) is 12.0. The Morgan fingerprint density at radius 2 is 1.57 bits per heavy atom. The van der Waals surface area contributed by atoms with E-state index in [-0.39, 0.29) is 18.9 Å². The molecule has 0 aliphatic heterocycles. The molecule has 0 spiro atoms. The van der Waals surface area contributed by atoms with E-state index < -0.39 is 5.97 Å². The maximum Gasteiger partial charge on any atom is 0.305 e. The third-order valence-corrected chi connectivity index (χ3v) is 3.52. The van der Waals surface area contributed by atoms with Crippen molar-refractivity contribution in [2.24, 2.45) is 0 Å². The minimum absolute atomic E-state index is 0.0306. The summed E-state index contributed by atoms with van der Waals surface area (Å²) in [6.07, 6.45) is -0.0306. The molecule has 23 heavy (non-hydrogen) atoms. The lowest BCUT2D eigenvalue weighted by atomic mass is 9.91. The molecular weight excluding hydrogens is 292 g/mol. The summed E-state index contributed by atoms with van der Waals surface area (Å²) in [6, 6.07) is 19.9. The van der Waals surface area contributed by atoms with Crippen molar-refractivity contribution in [1.82, 2.24) is 20.2 Å². The summed E-state index contributed by atoms with van der Waals surface area (Å²) in [5.41, 5.74) is 2.13. The number of hydrogen-bond acceptors (Lipinski definition) is 4. The Bertz CT molecular complexity index is 732. The van der Waals surface area contributed by atoms with Crippen LogP contribution in [0.15, 0.2) is 60.7 Å². The maximum atomic E-state index is 10.7. The summed E-state index contributed by atoms with van der Waals surface area (Å²) >= 11 is 0. The van der Waals surface area contributed by atoms with Crippen LogP contribution in [0.3, 0.4) is 0 Å². The quantitative estimate of drug-likeness (QED) is 0.756. The van der Waals surface area contributed by atoms with Crippen molar-refractivity contribution in [1.29, 1.82) is 0 Å². The standard InChI is InChI=1S/C17H16N4O2/c22-15(23)11-12-21-19-17(18-20-21)16(13-7-3-1-4-8-13)14-9-5-2-6-10-14/h1-10,16H,11-12H2,(H,22,23). The molecule has 2 aromatic carbocycles. The highest BCUT2D eigenvalue weighted by Crippen LogP contribution is 2.28. The predicted octanol–water partition coefficient (Wildman–Crippen LogP) is 2.33. The number of carbonyl (C=O) groups is 1. The Labute approximate surface area is 133 Å². The Hall–Kier alpha value is -3.02. The van der Waals surface area contributed by atoms with Gasteiger partial charge >= 0.3 is 5.97 Å². The molecule has 1 aromatic heterocycles. The summed E-state index contributed by atoms with van der Waals surface area (Å²) < 4.78 is 0. The summed E-state index contributed by atoms with van der Waals surface area (Å²) in [5.74, 6) is -0.449. The summed E-state index contributed by atoms with van der Waals surface area (Å²) in [5, 5.41) is 21.2. The molecule has 3 rings (SSSR count). The van der Waals surface area contributed by atoms with Crippen molar-refractivity contribution in [3.63, 3.8) is 0 Å². The second-order valence-corrected chi connectivity index (χ2v) is 5.14. The van der Waals surface area contributed by atoms with E-state index in [4.69, 9.17) is 5.11 Å². The number of rotatable bonds is 6. The van der Waals surface area contributed by atoms with Crippen molar-refractivity contribution in [3.05, 3.63) is 77.6 Å². The Kier molecular flexibility index (Phi) is 4.42. The van der Waals surface area contributed by atoms with Gasteiger partial charge in [0.2, 0.25) is 0 Å². The topological polar surface area (TPSA) is 80.9 Å². The predicted molar refractivity (Wildman–Crippen MR) is 83.9 cm³/mol. The molecule has 6 nitrogen and oxygen atoms in total. The van der Waals surface area contributed by atoms with Gasteiger partial charge in [-0.05, 0) is 16.3 Å². The fourth-order valence-corrected chi connectivity index (χ4v) is 2.44. The lowest BCUT2D eigenvalue weighted by Crippen LogP contribution is -2.09. The molecular formula is C17H16N4O2. The van der Waals surface area contributed by atoms with Gasteiger partial charge in [0.1, 0.15) is 0 Å². The fourth-order valence-electron chi connectivity index (χ4n) is 2.44. The van der Waals surface area contributed by atoms with Crippen molar-refractivity contribution in [2.75, 3.05) is 0 Å². The average molecular weight is 308 g/mol. The molecule has 0 fully saturated rings. The van der Waals surface area contributed by atoms with E-state index >= 15 is 0 Å². The average Bonchev–Trinajstić information content (AvgIpc) is 3.04. The molecule has 0 atom stereocenters. The smallest absolute Gasteiger partial charge is 0.305 e. The highest BCUT2D eigenvalue weighted by Gasteiger charge is 2.21. The van der Waals surface area contributed by atoms with Crippen LogP contribution in [0.2, 0.25) is 0 Å². The monoisotopic (exact) mass is 308 g/mol. The second kappa shape index (κ2) is 6.83. The van der Waals surface area contributed by atoms with Gasteiger partial charge in [0, 0.05) is 0 Å². The molecule has 6 heteroatoms. The first kappa shape index (κ1) is 14.9. The molecule has 1 heterocycles. The van der Waals surface area contributed by atoms with Crippen LogP contribution in [0.25, 0.3) is 0 Å². The number of hydrogen-bond donors (Lipinski definition) is 1. The molecule has 116 valence electrons. The van der Waals surface area contributed by atoms with Crippen LogP contribution >= 0.6 is 0 Å². The van der Waals surface area contributed by atoms with Crippen molar-refractivity contribution >= 4 is 5.97 Å². The van der Waals surface area contributed by atoms with Crippen molar-refractivity contribution in [2.45, 2.75) is 18.9 Å². The van der Waals surface area contributed by atoms with E-state index in [0.29, 0.717) is 5.82 Å². The first-order valence-corrected chi connectivity index (χ1v) is 7.33. The zero-order valence-corrected chi connectivity index (χ0v) is 12.4. The molecule has 0 saturated heterocycles. The van der Waals surface area contributed by atoms with Gasteiger partial charge in [-0.15, -0.1) is 10.2 Å². The van der Waals surface area contributed by atoms with Gasteiger partial charge in [-0.1, -0.05) is 60.7 Å². The number of benzene rings is 2. The molecule has 0 unspecified atom stereocenters. The van der Waals surface area contributed by atoms with Gasteiger partial charge in [-0.25, -0.2) is 0 Å². The van der Waals surface area contributed by atoms with E-state index in [1.807, 2.05) is 60.7 Å². The number of nitrogens with zero attached hydrogens (tertiary/aromatic N) is 4. The Morgan fingerprint density at radius 1 is 1.00 bits per heavy atom. The van der Waals surface area contributed by atoms with Crippen LogP contribution in [-0.4, -0.2) is 31.3 Å². The summed E-state index contributed by atoms with van der Waals surface area (Å²) in [7, 11) is 0. The van der Waals surface area contributed by atoms with Gasteiger partial charge in [-0.3, -0.25) is 4.79 Å². The van der Waals surface area contributed by atoms with Crippen LogP contribution in [0, 0.1) is 0 Å². The van der Waals surface area contributed by atoms with E-state index in [1.54, 1.807) is 0 Å². The van der Waals surface area contributed by atoms with Crippen LogP contribution in [0.4, 0.5) is 0 Å². The number of aromatic nitrogens is 4. The number of tetrazole rings is 1. The van der Waals surface area contributed by atoms with E-state index in [2.05, 4.69) is 15.4 Å². The SMILES string of the molecule is O=C(O)CCn1nnc(C(c2ccccc2)c2ccccc2)n1. The van der Waals surface area contributed by atoms with Gasteiger partial charge in [0.15, 0.2) is 5.82 Å². The number of carboxylic acids is 1. The minimum atomic E-state index is -0.883. The Balaban J connectivity index is 1.95. The zero-order valence-electron chi connectivity index (χ0n) is 12.4. The van der Waals surface area contributed by atoms with Gasteiger partial charge < -0.3 is 5.11 Å². The molecule has 1 N–H and O–H groups in total. The molecule has 3 aromatic rings. The van der Waals surface area contributed by atoms with Crippen LogP contribution in [0.1, 0.15) is 29.3 Å². The van der Waals surface area contributed by atoms with Crippen LogP contribution in [0.5, 0.6) is 0 Å². The highest BCUT2D eigenvalue weighted by molar-refractivity contribution is 5.66. The van der Waals surface area contributed by atoms with Crippen LogP contribution in [-0.2, 0) is 11.3 Å². The molecule has 0 saturated carbocycles. The summed E-state index contributed by atoms with van der Waals surface area (Å²) in [6.45, 7) is 0.207. The Morgan fingerprint density at radius 3 is 2.09 bits per heavy atom. The van der Waals surface area contributed by atoms with Crippen molar-refractivity contribution < 1.29 is 9.90 Å². The lowest BCUT2D eigenvalue weighted by Gasteiger charge is -2.14.